The molecule has 19 heavy (non-hydrogen) atoms. The summed E-state index contributed by atoms with van der Waals surface area (Å²) in [5, 5.41) is 18.0. The van der Waals surface area contributed by atoms with Crippen LogP contribution in [-0.4, -0.2) is 45.3 Å². The number of carboxylic acids is 1. The van der Waals surface area contributed by atoms with Gasteiger partial charge in [0.2, 0.25) is 0 Å². The third kappa shape index (κ3) is 3.75. The van der Waals surface area contributed by atoms with Gasteiger partial charge in [0.25, 0.3) is 0 Å². The zero-order valence-corrected chi connectivity index (χ0v) is 11.0. The van der Waals surface area contributed by atoms with E-state index in [1.807, 2.05) is 0 Å². The van der Waals surface area contributed by atoms with Crippen molar-refractivity contribution in [1.29, 1.82) is 0 Å². The second kappa shape index (κ2) is 6.63. The third-order valence-electron chi connectivity index (χ3n) is 3.67. The highest BCUT2D eigenvalue weighted by Gasteiger charge is 2.22. The SMILES string of the molecule is O=C(O)c1ccc(CN(CCO)C2CCCC2)nc1. The number of carbonyl (C=O) groups is 1. The number of aliphatic hydroxyl groups excluding tert-OH is 1. The minimum absolute atomic E-state index is 0.143. The first kappa shape index (κ1) is 14.0. The molecule has 104 valence electrons. The van der Waals surface area contributed by atoms with E-state index >= 15 is 0 Å². The monoisotopic (exact) mass is 264 g/mol. The fraction of sp³-hybridized carbons (Fsp3) is 0.571. The van der Waals surface area contributed by atoms with Gasteiger partial charge in [0.15, 0.2) is 0 Å². The number of pyridine rings is 1. The van der Waals surface area contributed by atoms with Gasteiger partial charge in [-0.3, -0.25) is 9.88 Å². The fourth-order valence-corrected chi connectivity index (χ4v) is 2.64. The topological polar surface area (TPSA) is 73.7 Å². The van der Waals surface area contributed by atoms with E-state index in [0.29, 0.717) is 19.1 Å². The van der Waals surface area contributed by atoms with Crippen LogP contribution in [0.15, 0.2) is 18.3 Å². The summed E-state index contributed by atoms with van der Waals surface area (Å²) < 4.78 is 0. The maximum absolute atomic E-state index is 10.8. The normalized spacial score (nSPS) is 16.1. The van der Waals surface area contributed by atoms with Gasteiger partial charge >= 0.3 is 5.97 Å². The molecule has 5 nitrogen and oxygen atoms in total. The van der Waals surface area contributed by atoms with E-state index in [2.05, 4.69) is 9.88 Å². The molecule has 1 aliphatic rings. The molecule has 2 N–H and O–H groups in total. The Labute approximate surface area is 112 Å². The van der Waals surface area contributed by atoms with E-state index in [0.717, 1.165) is 5.69 Å². The van der Waals surface area contributed by atoms with Crippen molar-refractivity contribution in [2.45, 2.75) is 38.3 Å². The summed E-state index contributed by atoms with van der Waals surface area (Å²) in [5.41, 5.74) is 1.06. The molecule has 0 atom stereocenters. The molecule has 1 heterocycles. The van der Waals surface area contributed by atoms with Crippen LogP contribution in [-0.2, 0) is 6.54 Å². The number of hydrogen-bond donors (Lipinski definition) is 2. The summed E-state index contributed by atoms with van der Waals surface area (Å²) >= 11 is 0. The van der Waals surface area contributed by atoms with Gasteiger partial charge in [-0.05, 0) is 25.0 Å². The molecule has 1 aromatic rings. The first-order valence-corrected chi connectivity index (χ1v) is 6.74. The van der Waals surface area contributed by atoms with Crippen LogP contribution in [0.1, 0.15) is 41.7 Å². The van der Waals surface area contributed by atoms with Gasteiger partial charge in [-0.15, -0.1) is 0 Å². The molecule has 0 saturated heterocycles. The van der Waals surface area contributed by atoms with Crippen LogP contribution in [0.2, 0.25) is 0 Å². The predicted octanol–water partition coefficient (Wildman–Crippen LogP) is 1.52. The first-order chi connectivity index (χ1) is 9.20. The molecular formula is C14H20N2O3. The van der Waals surface area contributed by atoms with Crippen molar-refractivity contribution in [2.75, 3.05) is 13.2 Å². The molecule has 0 spiro atoms. The van der Waals surface area contributed by atoms with Crippen LogP contribution in [0, 0.1) is 0 Å². The van der Waals surface area contributed by atoms with Crippen molar-refractivity contribution in [3.05, 3.63) is 29.6 Å². The second-order valence-corrected chi connectivity index (χ2v) is 4.98. The number of nitrogens with zero attached hydrogens (tertiary/aromatic N) is 2. The van der Waals surface area contributed by atoms with Crippen LogP contribution >= 0.6 is 0 Å². The predicted molar refractivity (Wildman–Crippen MR) is 70.9 cm³/mol. The Hall–Kier alpha value is -1.46. The van der Waals surface area contributed by atoms with Crippen molar-refractivity contribution in [1.82, 2.24) is 9.88 Å². The van der Waals surface area contributed by atoms with E-state index in [1.165, 1.54) is 31.9 Å². The standard InChI is InChI=1S/C14H20N2O3/c17-8-7-16(13-3-1-2-4-13)10-12-6-5-11(9-15-12)14(18)19/h5-6,9,13,17H,1-4,7-8,10H2,(H,18,19). The fourth-order valence-electron chi connectivity index (χ4n) is 2.64. The zero-order chi connectivity index (χ0) is 13.7. The van der Waals surface area contributed by atoms with Crippen molar-refractivity contribution in [3.8, 4) is 0 Å². The average molecular weight is 264 g/mol. The van der Waals surface area contributed by atoms with Crippen molar-refractivity contribution >= 4 is 5.97 Å². The minimum atomic E-state index is -0.956. The molecule has 1 aliphatic carbocycles. The Bertz CT molecular complexity index is 413. The van der Waals surface area contributed by atoms with E-state index in [9.17, 15) is 4.79 Å². The molecule has 5 heteroatoms. The second-order valence-electron chi connectivity index (χ2n) is 4.98. The summed E-state index contributed by atoms with van der Waals surface area (Å²) in [6.07, 6.45) is 6.24. The maximum atomic E-state index is 10.8. The van der Waals surface area contributed by atoms with Gasteiger partial charge in [-0.25, -0.2) is 4.79 Å². The lowest BCUT2D eigenvalue weighted by Crippen LogP contribution is -2.35. The van der Waals surface area contributed by atoms with Crippen molar-refractivity contribution < 1.29 is 15.0 Å². The molecule has 1 fully saturated rings. The van der Waals surface area contributed by atoms with Gasteiger partial charge < -0.3 is 10.2 Å². The lowest BCUT2D eigenvalue weighted by atomic mass is 10.2. The molecular weight excluding hydrogens is 244 g/mol. The van der Waals surface area contributed by atoms with Crippen molar-refractivity contribution in [2.24, 2.45) is 0 Å². The lowest BCUT2D eigenvalue weighted by molar-refractivity contribution is 0.0696. The van der Waals surface area contributed by atoms with Gasteiger partial charge in [0.1, 0.15) is 0 Å². The number of carboxylic acid groups (broad SMARTS) is 1. The highest BCUT2D eigenvalue weighted by molar-refractivity contribution is 5.87. The largest absolute Gasteiger partial charge is 0.478 e. The molecule has 1 aromatic heterocycles. The number of hydrogen-bond acceptors (Lipinski definition) is 4. The minimum Gasteiger partial charge on any atom is -0.478 e. The summed E-state index contributed by atoms with van der Waals surface area (Å²) in [6, 6.07) is 3.85. The Kier molecular flexibility index (Phi) is 4.87. The Morgan fingerprint density at radius 1 is 1.37 bits per heavy atom. The van der Waals surface area contributed by atoms with E-state index in [-0.39, 0.29) is 12.2 Å². The summed E-state index contributed by atoms with van der Waals surface area (Å²) in [5.74, 6) is -0.956. The van der Waals surface area contributed by atoms with Crippen molar-refractivity contribution in [3.63, 3.8) is 0 Å². The van der Waals surface area contributed by atoms with E-state index in [1.54, 1.807) is 12.1 Å². The molecule has 0 amide bonds. The van der Waals surface area contributed by atoms with Crippen LogP contribution in [0.4, 0.5) is 0 Å². The molecule has 1 saturated carbocycles. The number of aromatic carboxylic acids is 1. The third-order valence-corrected chi connectivity index (χ3v) is 3.67. The summed E-state index contributed by atoms with van der Waals surface area (Å²) in [7, 11) is 0. The number of aromatic nitrogens is 1. The number of aliphatic hydroxyl groups is 1. The molecule has 2 rings (SSSR count). The molecule has 0 aromatic carbocycles. The summed E-state index contributed by atoms with van der Waals surface area (Å²) in [6.45, 7) is 1.46. The lowest BCUT2D eigenvalue weighted by Gasteiger charge is -2.27. The number of rotatable bonds is 6. The molecule has 0 aliphatic heterocycles. The zero-order valence-electron chi connectivity index (χ0n) is 11.0. The van der Waals surface area contributed by atoms with Gasteiger partial charge in [-0.2, -0.15) is 0 Å². The Morgan fingerprint density at radius 3 is 2.63 bits per heavy atom. The van der Waals surface area contributed by atoms with Crippen LogP contribution < -0.4 is 0 Å². The smallest absolute Gasteiger partial charge is 0.337 e. The van der Waals surface area contributed by atoms with Gasteiger partial charge in [0, 0.05) is 25.3 Å². The highest BCUT2D eigenvalue weighted by Crippen LogP contribution is 2.24. The maximum Gasteiger partial charge on any atom is 0.337 e. The Morgan fingerprint density at radius 2 is 2.11 bits per heavy atom. The summed E-state index contributed by atoms with van der Waals surface area (Å²) in [4.78, 5) is 17.2. The highest BCUT2D eigenvalue weighted by atomic mass is 16.4. The van der Waals surface area contributed by atoms with E-state index < -0.39 is 5.97 Å². The van der Waals surface area contributed by atoms with Crippen LogP contribution in [0.5, 0.6) is 0 Å². The van der Waals surface area contributed by atoms with E-state index in [4.69, 9.17) is 10.2 Å². The van der Waals surface area contributed by atoms with Gasteiger partial charge in [-0.1, -0.05) is 12.8 Å². The van der Waals surface area contributed by atoms with Crippen LogP contribution in [0.25, 0.3) is 0 Å². The molecule has 0 bridgehead atoms. The molecule has 0 radical (unpaired) electrons. The molecule has 0 unspecified atom stereocenters. The quantitative estimate of drug-likeness (QED) is 0.815. The Balaban J connectivity index is 2.01. The van der Waals surface area contributed by atoms with Gasteiger partial charge in [0.05, 0.1) is 17.9 Å². The average Bonchev–Trinajstić information content (AvgIpc) is 2.92. The van der Waals surface area contributed by atoms with Crippen LogP contribution in [0.3, 0.4) is 0 Å². The first-order valence-electron chi connectivity index (χ1n) is 6.74.